The summed E-state index contributed by atoms with van der Waals surface area (Å²) in [6, 6.07) is 16.7. The van der Waals surface area contributed by atoms with Crippen molar-refractivity contribution < 1.29 is 9.53 Å². The molecule has 0 saturated heterocycles. The first kappa shape index (κ1) is 14.7. The minimum Gasteiger partial charge on any atom is -0.457 e. The maximum Gasteiger partial charge on any atom is 0.275 e. The second kappa shape index (κ2) is 6.70. The molecular formula is C18H15N3O2. The fourth-order valence-electron chi connectivity index (χ4n) is 1.94. The normalized spacial score (nSPS) is 10.1. The van der Waals surface area contributed by atoms with Gasteiger partial charge in [0.15, 0.2) is 0 Å². The zero-order valence-corrected chi connectivity index (χ0v) is 12.6. The van der Waals surface area contributed by atoms with E-state index in [9.17, 15) is 4.79 Å². The predicted octanol–water partition coefficient (Wildman–Crippen LogP) is 3.83. The highest BCUT2D eigenvalue weighted by Crippen LogP contribution is 2.22. The summed E-state index contributed by atoms with van der Waals surface area (Å²) in [5.74, 6) is 1.16. The second-order valence-corrected chi connectivity index (χ2v) is 4.94. The molecule has 5 nitrogen and oxygen atoms in total. The van der Waals surface area contributed by atoms with Crippen molar-refractivity contribution in [2.24, 2.45) is 0 Å². The Labute approximate surface area is 134 Å². The van der Waals surface area contributed by atoms with E-state index in [1.807, 2.05) is 37.3 Å². The van der Waals surface area contributed by atoms with E-state index in [-0.39, 0.29) is 11.6 Å². The lowest BCUT2D eigenvalue weighted by Gasteiger charge is -2.08. The highest BCUT2D eigenvalue weighted by Gasteiger charge is 2.08. The summed E-state index contributed by atoms with van der Waals surface area (Å²) in [4.78, 5) is 20.2. The van der Waals surface area contributed by atoms with Crippen LogP contribution in [0, 0.1) is 6.92 Å². The number of aryl methyl sites for hydroxylation is 1. The minimum absolute atomic E-state index is 0.278. The van der Waals surface area contributed by atoms with Crippen molar-refractivity contribution in [2.45, 2.75) is 6.92 Å². The molecule has 3 aromatic rings. The van der Waals surface area contributed by atoms with Crippen LogP contribution < -0.4 is 10.1 Å². The van der Waals surface area contributed by atoms with E-state index in [1.54, 1.807) is 30.5 Å². The number of benzene rings is 2. The van der Waals surface area contributed by atoms with Crippen LogP contribution in [0.2, 0.25) is 0 Å². The average molecular weight is 305 g/mol. The Morgan fingerprint density at radius 2 is 1.61 bits per heavy atom. The standard InChI is InChI=1S/C18H15N3O2/c1-13-11-20-17(12-19-13)18(22)21-14-7-9-16(10-8-14)23-15-5-3-2-4-6-15/h2-12H,1H3,(H,21,22). The summed E-state index contributed by atoms with van der Waals surface area (Å²) < 4.78 is 5.70. The summed E-state index contributed by atoms with van der Waals surface area (Å²) in [6.45, 7) is 1.82. The first-order chi connectivity index (χ1) is 11.2. The number of ether oxygens (including phenoxy) is 1. The molecule has 0 unspecified atom stereocenters. The van der Waals surface area contributed by atoms with E-state index in [0.29, 0.717) is 11.4 Å². The predicted molar refractivity (Wildman–Crippen MR) is 87.7 cm³/mol. The van der Waals surface area contributed by atoms with Gasteiger partial charge in [0, 0.05) is 11.9 Å². The number of carbonyl (C=O) groups excluding carboxylic acids is 1. The maximum absolute atomic E-state index is 12.1. The fraction of sp³-hybridized carbons (Fsp3) is 0.0556. The Bertz CT molecular complexity index is 785. The number of carbonyl (C=O) groups is 1. The SMILES string of the molecule is Cc1cnc(C(=O)Nc2ccc(Oc3ccccc3)cc2)cn1. The molecule has 1 amide bonds. The van der Waals surface area contributed by atoms with Gasteiger partial charge < -0.3 is 10.1 Å². The largest absolute Gasteiger partial charge is 0.457 e. The van der Waals surface area contributed by atoms with Gasteiger partial charge in [-0.05, 0) is 43.3 Å². The zero-order valence-electron chi connectivity index (χ0n) is 12.6. The van der Waals surface area contributed by atoms with Crippen LogP contribution in [0.4, 0.5) is 5.69 Å². The highest BCUT2D eigenvalue weighted by molar-refractivity contribution is 6.02. The minimum atomic E-state index is -0.297. The molecule has 2 aromatic carbocycles. The van der Waals surface area contributed by atoms with Gasteiger partial charge in [0.05, 0.1) is 11.9 Å². The van der Waals surface area contributed by atoms with Gasteiger partial charge >= 0.3 is 0 Å². The van der Waals surface area contributed by atoms with Gasteiger partial charge in [-0.25, -0.2) is 4.98 Å². The number of anilines is 1. The molecule has 0 bridgehead atoms. The first-order valence-corrected chi connectivity index (χ1v) is 7.14. The van der Waals surface area contributed by atoms with Gasteiger partial charge in [-0.2, -0.15) is 0 Å². The lowest BCUT2D eigenvalue weighted by atomic mass is 10.3. The Balaban J connectivity index is 1.65. The van der Waals surface area contributed by atoms with E-state index < -0.39 is 0 Å². The average Bonchev–Trinajstić information content (AvgIpc) is 2.58. The van der Waals surface area contributed by atoms with Crippen LogP contribution in [0.15, 0.2) is 67.0 Å². The Morgan fingerprint density at radius 1 is 0.913 bits per heavy atom. The quantitative estimate of drug-likeness (QED) is 0.795. The van der Waals surface area contributed by atoms with Crippen LogP contribution in [0.5, 0.6) is 11.5 Å². The molecule has 3 rings (SSSR count). The summed E-state index contributed by atoms with van der Waals surface area (Å²) in [6.07, 6.45) is 3.02. The van der Waals surface area contributed by atoms with Gasteiger partial charge in [-0.1, -0.05) is 18.2 Å². The van der Waals surface area contributed by atoms with Crippen LogP contribution in [0.1, 0.15) is 16.2 Å². The van der Waals surface area contributed by atoms with Crippen molar-refractivity contribution in [1.82, 2.24) is 9.97 Å². The zero-order chi connectivity index (χ0) is 16.1. The third-order valence-electron chi connectivity index (χ3n) is 3.10. The molecule has 0 spiro atoms. The number of nitrogens with zero attached hydrogens (tertiary/aromatic N) is 2. The molecule has 114 valence electrons. The van der Waals surface area contributed by atoms with Gasteiger partial charge in [-0.15, -0.1) is 0 Å². The monoisotopic (exact) mass is 305 g/mol. The summed E-state index contributed by atoms with van der Waals surface area (Å²) in [5, 5.41) is 2.77. The van der Waals surface area contributed by atoms with E-state index in [0.717, 1.165) is 11.4 Å². The number of hydrogen-bond acceptors (Lipinski definition) is 4. The lowest BCUT2D eigenvalue weighted by molar-refractivity contribution is 0.102. The van der Waals surface area contributed by atoms with E-state index in [4.69, 9.17) is 4.74 Å². The van der Waals surface area contributed by atoms with Crippen LogP contribution in [-0.2, 0) is 0 Å². The third-order valence-corrected chi connectivity index (χ3v) is 3.10. The number of rotatable bonds is 4. The molecule has 0 aliphatic rings. The van der Waals surface area contributed by atoms with E-state index in [1.165, 1.54) is 6.20 Å². The van der Waals surface area contributed by atoms with Gasteiger partial charge in [0.1, 0.15) is 17.2 Å². The molecule has 1 N–H and O–H groups in total. The second-order valence-electron chi connectivity index (χ2n) is 4.94. The van der Waals surface area contributed by atoms with Crippen LogP contribution >= 0.6 is 0 Å². The van der Waals surface area contributed by atoms with Gasteiger partial charge in [-0.3, -0.25) is 9.78 Å². The van der Waals surface area contributed by atoms with Crippen molar-refractivity contribution >= 4 is 11.6 Å². The number of hydrogen-bond donors (Lipinski definition) is 1. The molecule has 1 aromatic heterocycles. The van der Waals surface area contributed by atoms with Crippen molar-refractivity contribution in [2.75, 3.05) is 5.32 Å². The van der Waals surface area contributed by atoms with Gasteiger partial charge in [0.25, 0.3) is 5.91 Å². The molecule has 1 heterocycles. The number of amides is 1. The maximum atomic E-state index is 12.1. The Kier molecular flexibility index (Phi) is 4.29. The summed E-state index contributed by atoms with van der Waals surface area (Å²) in [5.41, 5.74) is 1.71. The van der Waals surface area contributed by atoms with Gasteiger partial charge in [0.2, 0.25) is 0 Å². The molecule has 0 atom stereocenters. The number of aromatic nitrogens is 2. The highest BCUT2D eigenvalue weighted by atomic mass is 16.5. The van der Waals surface area contributed by atoms with E-state index >= 15 is 0 Å². The molecular weight excluding hydrogens is 290 g/mol. The topological polar surface area (TPSA) is 64.1 Å². The molecule has 0 aliphatic heterocycles. The fourth-order valence-corrected chi connectivity index (χ4v) is 1.94. The third kappa shape index (κ3) is 3.91. The molecule has 0 radical (unpaired) electrons. The summed E-state index contributed by atoms with van der Waals surface area (Å²) in [7, 11) is 0. The lowest BCUT2D eigenvalue weighted by Crippen LogP contribution is -2.14. The number of nitrogens with one attached hydrogen (secondary N) is 1. The molecule has 23 heavy (non-hydrogen) atoms. The van der Waals surface area contributed by atoms with E-state index in [2.05, 4.69) is 15.3 Å². The van der Waals surface area contributed by atoms with Crippen molar-refractivity contribution in [3.05, 3.63) is 78.4 Å². The molecule has 0 aliphatic carbocycles. The smallest absolute Gasteiger partial charge is 0.275 e. The van der Waals surface area contributed by atoms with Crippen molar-refractivity contribution in [3.8, 4) is 11.5 Å². The van der Waals surface area contributed by atoms with Crippen molar-refractivity contribution in [1.29, 1.82) is 0 Å². The summed E-state index contributed by atoms with van der Waals surface area (Å²) >= 11 is 0. The Hall–Kier alpha value is -3.21. The van der Waals surface area contributed by atoms with Crippen molar-refractivity contribution in [3.63, 3.8) is 0 Å². The van der Waals surface area contributed by atoms with Crippen LogP contribution in [0.3, 0.4) is 0 Å². The first-order valence-electron chi connectivity index (χ1n) is 7.14. The number of para-hydroxylation sites is 1. The molecule has 0 saturated carbocycles. The van der Waals surface area contributed by atoms with Crippen LogP contribution in [0.25, 0.3) is 0 Å². The Morgan fingerprint density at radius 3 is 2.26 bits per heavy atom. The molecule has 5 heteroatoms. The molecule has 0 fully saturated rings. The van der Waals surface area contributed by atoms with Crippen LogP contribution in [-0.4, -0.2) is 15.9 Å².